The summed E-state index contributed by atoms with van der Waals surface area (Å²) < 4.78 is 10.8. The fraction of sp³-hybridized carbons (Fsp3) is 0.429. The molecule has 0 radical (unpaired) electrons. The molecule has 2 N–H and O–H groups in total. The molecule has 1 atom stereocenters. The monoisotopic (exact) mass is 249 g/mol. The van der Waals surface area contributed by atoms with Crippen LogP contribution >= 0.6 is 0 Å². The summed E-state index contributed by atoms with van der Waals surface area (Å²) in [6.45, 7) is 4.90. The van der Waals surface area contributed by atoms with Crippen LogP contribution in [0.1, 0.15) is 13.8 Å². The maximum Gasteiger partial charge on any atom is 0.134 e. The summed E-state index contributed by atoms with van der Waals surface area (Å²) in [7, 11) is 0. The van der Waals surface area contributed by atoms with Crippen molar-refractivity contribution in [2.45, 2.75) is 26.0 Å². The van der Waals surface area contributed by atoms with Crippen molar-refractivity contribution in [3.05, 3.63) is 30.5 Å². The van der Waals surface area contributed by atoms with Crippen molar-refractivity contribution in [3.8, 4) is 5.75 Å². The molecule has 0 saturated heterocycles. The fourth-order valence-corrected chi connectivity index (χ4v) is 1.66. The third kappa shape index (κ3) is 3.48. The van der Waals surface area contributed by atoms with Gasteiger partial charge in [0.25, 0.3) is 0 Å². The van der Waals surface area contributed by atoms with Crippen molar-refractivity contribution in [1.29, 1.82) is 0 Å². The van der Waals surface area contributed by atoms with Crippen molar-refractivity contribution < 1.29 is 14.3 Å². The van der Waals surface area contributed by atoms with Gasteiger partial charge in [-0.1, -0.05) is 13.8 Å². The number of benzene rings is 1. The average molecular weight is 249 g/mol. The number of rotatable bonds is 6. The molecule has 0 aliphatic rings. The number of aliphatic hydroxyl groups is 1. The van der Waals surface area contributed by atoms with E-state index >= 15 is 0 Å². The predicted octanol–water partition coefficient (Wildman–Crippen LogP) is 2.17. The van der Waals surface area contributed by atoms with Crippen molar-refractivity contribution in [2.75, 3.05) is 13.2 Å². The first-order valence-electron chi connectivity index (χ1n) is 6.16. The zero-order valence-electron chi connectivity index (χ0n) is 10.7. The first-order chi connectivity index (χ1) is 8.65. The molecule has 98 valence electrons. The Morgan fingerprint density at radius 2 is 2.17 bits per heavy atom. The Morgan fingerprint density at radius 1 is 1.33 bits per heavy atom. The van der Waals surface area contributed by atoms with Crippen LogP contribution in [0, 0.1) is 0 Å². The number of furan rings is 1. The quantitative estimate of drug-likeness (QED) is 0.824. The Hall–Kier alpha value is -1.52. The molecule has 2 aromatic rings. The largest absolute Gasteiger partial charge is 0.491 e. The van der Waals surface area contributed by atoms with Gasteiger partial charge in [-0.3, -0.25) is 0 Å². The Bertz CT molecular complexity index is 492. The number of hydrogen-bond acceptors (Lipinski definition) is 4. The van der Waals surface area contributed by atoms with Crippen LogP contribution in [0.25, 0.3) is 11.0 Å². The Kier molecular flexibility index (Phi) is 4.23. The van der Waals surface area contributed by atoms with Gasteiger partial charge in [-0.25, -0.2) is 0 Å². The van der Waals surface area contributed by atoms with Crippen molar-refractivity contribution in [3.63, 3.8) is 0 Å². The number of fused-ring (bicyclic) bond motifs is 1. The maximum absolute atomic E-state index is 9.73. The van der Waals surface area contributed by atoms with Crippen LogP contribution in [0.3, 0.4) is 0 Å². The Labute approximate surface area is 107 Å². The van der Waals surface area contributed by atoms with Gasteiger partial charge >= 0.3 is 0 Å². The number of ether oxygens (including phenoxy) is 1. The van der Waals surface area contributed by atoms with E-state index in [1.807, 2.05) is 38.1 Å². The van der Waals surface area contributed by atoms with Crippen LogP contribution in [0.15, 0.2) is 34.9 Å². The van der Waals surface area contributed by atoms with Gasteiger partial charge in [-0.2, -0.15) is 0 Å². The molecule has 0 bridgehead atoms. The van der Waals surface area contributed by atoms with Gasteiger partial charge in [0, 0.05) is 18.0 Å². The lowest BCUT2D eigenvalue weighted by Gasteiger charge is -2.14. The van der Waals surface area contributed by atoms with Crippen molar-refractivity contribution >= 4 is 11.0 Å². The van der Waals surface area contributed by atoms with E-state index in [0.717, 1.165) is 16.7 Å². The summed E-state index contributed by atoms with van der Waals surface area (Å²) in [5, 5.41) is 13.9. The second-order valence-electron chi connectivity index (χ2n) is 4.65. The summed E-state index contributed by atoms with van der Waals surface area (Å²) in [6.07, 6.45) is 1.14. The lowest BCUT2D eigenvalue weighted by Crippen LogP contribution is -2.35. The molecule has 4 heteroatoms. The van der Waals surface area contributed by atoms with E-state index in [9.17, 15) is 5.11 Å². The standard InChI is InChI=1S/C14H19NO3/c1-10(2)15-8-12(16)9-18-13-3-4-14-11(7-13)5-6-17-14/h3-7,10,12,15-16H,8-9H2,1-2H3. The topological polar surface area (TPSA) is 54.6 Å². The lowest BCUT2D eigenvalue weighted by molar-refractivity contribution is 0.105. The SMILES string of the molecule is CC(C)NCC(O)COc1ccc2occc2c1. The van der Waals surface area contributed by atoms with Gasteiger partial charge in [0.1, 0.15) is 24.0 Å². The highest BCUT2D eigenvalue weighted by molar-refractivity contribution is 5.78. The molecule has 1 aromatic carbocycles. The van der Waals surface area contributed by atoms with Gasteiger partial charge in [-0.15, -0.1) is 0 Å². The Balaban J connectivity index is 1.85. The van der Waals surface area contributed by atoms with Gasteiger partial charge in [0.2, 0.25) is 0 Å². The summed E-state index contributed by atoms with van der Waals surface area (Å²) >= 11 is 0. The fourth-order valence-electron chi connectivity index (χ4n) is 1.66. The second-order valence-corrected chi connectivity index (χ2v) is 4.65. The minimum absolute atomic E-state index is 0.281. The van der Waals surface area contributed by atoms with E-state index in [-0.39, 0.29) is 6.61 Å². The molecule has 1 unspecified atom stereocenters. The van der Waals surface area contributed by atoms with Crippen LogP contribution in [0.2, 0.25) is 0 Å². The zero-order chi connectivity index (χ0) is 13.0. The normalized spacial score (nSPS) is 13.1. The molecule has 1 aromatic heterocycles. The molecule has 0 aliphatic carbocycles. The van der Waals surface area contributed by atoms with E-state index in [0.29, 0.717) is 12.6 Å². The van der Waals surface area contributed by atoms with Gasteiger partial charge in [0.05, 0.1) is 6.26 Å². The van der Waals surface area contributed by atoms with Crippen LogP contribution in [-0.2, 0) is 0 Å². The predicted molar refractivity (Wildman–Crippen MR) is 70.9 cm³/mol. The molecular weight excluding hydrogens is 230 g/mol. The summed E-state index contributed by atoms with van der Waals surface area (Å²) in [4.78, 5) is 0. The van der Waals surface area contributed by atoms with E-state index in [2.05, 4.69) is 5.32 Å². The minimum Gasteiger partial charge on any atom is -0.491 e. The number of aliphatic hydroxyl groups excluding tert-OH is 1. The summed E-state index contributed by atoms with van der Waals surface area (Å²) in [5.41, 5.74) is 0.837. The van der Waals surface area contributed by atoms with Gasteiger partial charge in [-0.05, 0) is 24.3 Å². The van der Waals surface area contributed by atoms with Crippen molar-refractivity contribution in [1.82, 2.24) is 5.32 Å². The van der Waals surface area contributed by atoms with E-state index in [1.54, 1.807) is 6.26 Å². The van der Waals surface area contributed by atoms with Gasteiger partial charge < -0.3 is 19.6 Å². The average Bonchev–Trinajstić information content (AvgIpc) is 2.81. The minimum atomic E-state index is -0.507. The van der Waals surface area contributed by atoms with Crippen LogP contribution in [0.5, 0.6) is 5.75 Å². The maximum atomic E-state index is 9.73. The molecule has 0 aliphatic heterocycles. The summed E-state index contributed by atoms with van der Waals surface area (Å²) in [6, 6.07) is 7.86. The third-order valence-corrected chi connectivity index (χ3v) is 2.63. The van der Waals surface area contributed by atoms with E-state index in [4.69, 9.17) is 9.15 Å². The van der Waals surface area contributed by atoms with Crippen LogP contribution < -0.4 is 10.1 Å². The smallest absolute Gasteiger partial charge is 0.134 e. The molecule has 18 heavy (non-hydrogen) atoms. The zero-order valence-corrected chi connectivity index (χ0v) is 10.7. The number of nitrogens with one attached hydrogen (secondary N) is 1. The molecule has 0 amide bonds. The molecule has 0 fully saturated rings. The highest BCUT2D eigenvalue weighted by Crippen LogP contribution is 2.21. The van der Waals surface area contributed by atoms with E-state index in [1.165, 1.54) is 0 Å². The molecule has 1 heterocycles. The molecule has 4 nitrogen and oxygen atoms in total. The second kappa shape index (κ2) is 5.89. The van der Waals surface area contributed by atoms with E-state index < -0.39 is 6.10 Å². The highest BCUT2D eigenvalue weighted by Gasteiger charge is 2.06. The summed E-state index contributed by atoms with van der Waals surface area (Å²) in [5.74, 6) is 0.743. The molecule has 0 saturated carbocycles. The molecule has 2 rings (SSSR count). The van der Waals surface area contributed by atoms with Crippen LogP contribution in [0.4, 0.5) is 0 Å². The lowest BCUT2D eigenvalue weighted by atomic mass is 10.2. The van der Waals surface area contributed by atoms with Gasteiger partial charge in [0.15, 0.2) is 0 Å². The first kappa shape index (κ1) is 12.9. The van der Waals surface area contributed by atoms with Crippen LogP contribution in [-0.4, -0.2) is 30.4 Å². The Morgan fingerprint density at radius 3 is 2.94 bits per heavy atom. The third-order valence-electron chi connectivity index (χ3n) is 2.63. The first-order valence-corrected chi connectivity index (χ1v) is 6.16. The molecule has 0 spiro atoms. The number of hydrogen-bond donors (Lipinski definition) is 2. The highest BCUT2D eigenvalue weighted by atomic mass is 16.5. The molecular formula is C14H19NO3. The van der Waals surface area contributed by atoms with Crippen molar-refractivity contribution in [2.24, 2.45) is 0 Å².